The molecule has 3 heterocycles. The summed E-state index contributed by atoms with van der Waals surface area (Å²) >= 11 is 0. The van der Waals surface area contributed by atoms with Crippen LogP contribution in [0.2, 0.25) is 0 Å². The first-order valence-electron chi connectivity index (χ1n) is 14.2. The van der Waals surface area contributed by atoms with Crippen molar-refractivity contribution in [1.82, 2.24) is 0 Å². The molecule has 2 aliphatic carbocycles. The molecule has 2 saturated carbocycles. The molecule has 7 nitrogen and oxygen atoms in total. The lowest BCUT2D eigenvalue weighted by Gasteiger charge is -2.35. The second kappa shape index (κ2) is 10.5. The smallest absolute Gasteiger partial charge is 0.190 e. The van der Waals surface area contributed by atoms with E-state index in [2.05, 4.69) is 26.0 Å². The zero-order valence-corrected chi connectivity index (χ0v) is 21.8. The molecule has 0 aromatic heterocycles. The second-order valence-electron chi connectivity index (χ2n) is 11.7. The number of fused-ring (bicyclic) bond motifs is 1. The van der Waals surface area contributed by atoms with E-state index in [0.29, 0.717) is 25.7 Å². The molecule has 36 heavy (non-hydrogen) atoms. The fraction of sp³-hybridized carbons (Fsp3) is 0.793. The first-order valence-corrected chi connectivity index (χ1v) is 14.2. The van der Waals surface area contributed by atoms with Gasteiger partial charge in [-0.2, -0.15) is 0 Å². The highest BCUT2D eigenvalue weighted by atomic mass is 16.9. The van der Waals surface area contributed by atoms with Crippen LogP contribution in [-0.2, 0) is 35.0 Å². The molecule has 5 aliphatic rings. The van der Waals surface area contributed by atoms with Crippen molar-refractivity contribution in [1.29, 1.82) is 0 Å². The van der Waals surface area contributed by atoms with Gasteiger partial charge in [0.15, 0.2) is 17.9 Å². The van der Waals surface area contributed by atoms with E-state index in [-0.39, 0.29) is 24.4 Å². The summed E-state index contributed by atoms with van der Waals surface area (Å²) in [6.07, 6.45) is 9.37. The number of hydrogen-bond donors (Lipinski definition) is 0. The first-order chi connectivity index (χ1) is 17.5. The van der Waals surface area contributed by atoms with E-state index in [1.807, 2.05) is 12.1 Å². The Morgan fingerprint density at radius 3 is 2.22 bits per heavy atom. The topological polar surface area (TPSA) is 64.6 Å². The molecule has 1 aromatic carbocycles. The van der Waals surface area contributed by atoms with Crippen LogP contribution in [0.25, 0.3) is 0 Å². The summed E-state index contributed by atoms with van der Waals surface area (Å²) in [6, 6.07) is 8.16. The molecule has 0 radical (unpaired) electrons. The predicted octanol–water partition coefficient (Wildman–Crippen LogP) is 5.48. The van der Waals surface area contributed by atoms with E-state index in [4.69, 9.17) is 33.2 Å². The molecule has 5 atom stereocenters. The number of rotatable bonds is 7. The molecule has 2 spiro atoms. The molecule has 0 amide bonds. The summed E-state index contributed by atoms with van der Waals surface area (Å²) in [6.45, 7) is 6.00. The van der Waals surface area contributed by atoms with E-state index in [1.165, 1.54) is 12.8 Å². The minimum atomic E-state index is -0.521. The Bertz CT molecular complexity index is 859. The average molecular weight is 503 g/mol. The Labute approximate surface area is 215 Å². The van der Waals surface area contributed by atoms with Gasteiger partial charge in [-0.15, -0.1) is 0 Å². The van der Waals surface area contributed by atoms with Gasteiger partial charge in [0.2, 0.25) is 0 Å². The fourth-order valence-corrected chi connectivity index (χ4v) is 6.40. The lowest BCUT2D eigenvalue weighted by Crippen LogP contribution is -2.45. The summed E-state index contributed by atoms with van der Waals surface area (Å²) in [5.74, 6) is 0.409. The monoisotopic (exact) mass is 502 g/mol. The molecule has 0 bridgehead atoms. The van der Waals surface area contributed by atoms with Crippen LogP contribution >= 0.6 is 0 Å². The zero-order valence-electron chi connectivity index (χ0n) is 21.8. The van der Waals surface area contributed by atoms with E-state index < -0.39 is 17.9 Å². The molecule has 0 unspecified atom stereocenters. The van der Waals surface area contributed by atoms with Crippen LogP contribution in [0, 0.1) is 5.92 Å². The molecule has 1 aromatic rings. The molecule has 0 N–H and O–H groups in total. The van der Waals surface area contributed by atoms with Gasteiger partial charge in [-0.1, -0.05) is 38.8 Å². The van der Waals surface area contributed by atoms with Crippen molar-refractivity contribution in [2.24, 2.45) is 5.92 Å². The summed E-state index contributed by atoms with van der Waals surface area (Å²) in [5, 5.41) is 0. The highest BCUT2D eigenvalue weighted by Gasteiger charge is 2.61. The van der Waals surface area contributed by atoms with Gasteiger partial charge in [0.25, 0.3) is 0 Å². The van der Waals surface area contributed by atoms with Crippen LogP contribution in [0.4, 0.5) is 0 Å². The molecule has 3 aliphatic heterocycles. The van der Waals surface area contributed by atoms with Crippen LogP contribution in [0.15, 0.2) is 24.3 Å². The van der Waals surface area contributed by atoms with Crippen LogP contribution < -0.4 is 4.74 Å². The van der Waals surface area contributed by atoms with Crippen LogP contribution in [0.5, 0.6) is 5.75 Å². The lowest BCUT2D eigenvalue weighted by atomic mass is 9.94. The molecule has 6 rings (SSSR count). The zero-order chi connectivity index (χ0) is 24.6. The van der Waals surface area contributed by atoms with E-state index >= 15 is 0 Å². The van der Waals surface area contributed by atoms with Crippen LogP contribution in [-0.4, -0.2) is 55.5 Å². The lowest BCUT2D eigenvalue weighted by molar-refractivity contribution is -0.263. The highest BCUT2D eigenvalue weighted by molar-refractivity contribution is 5.27. The number of hydrogen-bond acceptors (Lipinski definition) is 7. The summed E-state index contributed by atoms with van der Waals surface area (Å²) < 4.78 is 44.8. The molecule has 7 heteroatoms. The average Bonchev–Trinajstić information content (AvgIpc) is 3.54. The van der Waals surface area contributed by atoms with Crippen LogP contribution in [0.3, 0.4) is 0 Å². The Kier molecular flexibility index (Phi) is 7.32. The van der Waals surface area contributed by atoms with Gasteiger partial charge < -0.3 is 33.2 Å². The van der Waals surface area contributed by atoms with Crippen molar-refractivity contribution >= 4 is 0 Å². The van der Waals surface area contributed by atoms with Gasteiger partial charge in [0.1, 0.15) is 30.2 Å². The Balaban J connectivity index is 1.14. The molecule has 3 saturated heterocycles. The maximum absolute atomic E-state index is 6.63. The van der Waals surface area contributed by atoms with Crippen LogP contribution in [0.1, 0.15) is 83.6 Å². The summed E-state index contributed by atoms with van der Waals surface area (Å²) in [5.41, 5.74) is 1.09. The fourth-order valence-electron chi connectivity index (χ4n) is 6.40. The van der Waals surface area contributed by atoms with Crippen molar-refractivity contribution in [2.75, 3.05) is 13.2 Å². The van der Waals surface area contributed by atoms with Crippen molar-refractivity contribution < 1.29 is 33.2 Å². The largest absolute Gasteiger partial charge is 0.493 e. The normalized spacial score (nSPS) is 35.0. The second-order valence-corrected chi connectivity index (χ2v) is 11.7. The van der Waals surface area contributed by atoms with Crippen molar-refractivity contribution in [3.8, 4) is 5.75 Å². The highest BCUT2D eigenvalue weighted by Crippen LogP contribution is 2.48. The van der Waals surface area contributed by atoms with Gasteiger partial charge in [-0.05, 0) is 49.3 Å². The van der Waals surface area contributed by atoms with Gasteiger partial charge in [0, 0.05) is 25.7 Å². The van der Waals surface area contributed by atoms with Gasteiger partial charge in [0.05, 0.1) is 19.8 Å². The quantitative estimate of drug-likeness (QED) is 0.489. The standard InChI is InChI=1S/C29H42O7/c1-20(2)17-30-22-11-9-21(10-12-22)18-31-25-24(23-19-32-28(34-23)13-5-3-6-14-28)33-27-26(25)35-29(36-27)15-7-4-8-16-29/h9-12,20,23-27H,3-8,13-19H2,1-2H3/t23-,24-,25+,26+,27+/m0/s1. The minimum absolute atomic E-state index is 0.181. The third kappa shape index (κ3) is 5.20. The van der Waals surface area contributed by atoms with Gasteiger partial charge in [-0.3, -0.25) is 0 Å². The minimum Gasteiger partial charge on any atom is -0.493 e. The molecular weight excluding hydrogens is 460 g/mol. The number of benzene rings is 1. The first kappa shape index (κ1) is 25.1. The van der Waals surface area contributed by atoms with Crippen molar-refractivity contribution in [2.45, 2.75) is 127 Å². The third-order valence-electron chi connectivity index (χ3n) is 8.31. The maximum Gasteiger partial charge on any atom is 0.190 e. The third-order valence-corrected chi connectivity index (χ3v) is 8.31. The van der Waals surface area contributed by atoms with Crippen molar-refractivity contribution in [3.63, 3.8) is 0 Å². The number of ether oxygens (including phenoxy) is 7. The molecule has 5 fully saturated rings. The maximum atomic E-state index is 6.63. The van der Waals surface area contributed by atoms with E-state index in [9.17, 15) is 0 Å². The predicted molar refractivity (Wildman–Crippen MR) is 132 cm³/mol. The summed E-state index contributed by atoms with van der Waals surface area (Å²) in [4.78, 5) is 0. The van der Waals surface area contributed by atoms with Gasteiger partial charge in [-0.25, -0.2) is 0 Å². The Morgan fingerprint density at radius 1 is 0.833 bits per heavy atom. The van der Waals surface area contributed by atoms with E-state index in [0.717, 1.165) is 62.7 Å². The SMILES string of the molecule is CC(C)COc1ccc(CO[C@@H]2[C@H]([C@@H]3COC4(CCCCC4)O3)O[C@@H]3OC4(CCCCC4)O[C@@H]32)cc1. The van der Waals surface area contributed by atoms with Crippen molar-refractivity contribution in [3.05, 3.63) is 29.8 Å². The molecular formula is C29H42O7. The molecule has 200 valence electrons. The van der Waals surface area contributed by atoms with Gasteiger partial charge >= 0.3 is 0 Å². The van der Waals surface area contributed by atoms with E-state index in [1.54, 1.807) is 0 Å². The Morgan fingerprint density at radius 2 is 1.53 bits per heavy atom. The summed E-state index contributed by atoms with van der Waals surface area (Å²) in [7, 11) is 0. The Hall–Kier alpha value is -1.22.